The predicted octanol–water partition coefficient (Wildman–Crippen LogP) is 0.777. The summed E-state index contributed by atoms with van der Waals surface area (Å²) in [7, 11) is 1.95. The molecule has 2 aromatic rings. The molecule has 0 amide bonds. The van der Waals surface area contributed by atoms with E-state index in [4.69, 9.17) is 5.73 Å². The molecule has 0 saturated carbocycles. The Morgan fingerprint density at radius 1 is 1.44 bits per heavy atom. The zero-order valence-electron chi connectivity index (χ0n) is 9.89. The molecule has 0 aliphatic carbocycles. The first-order valence-corrected chi connectivity index (χ1v) is 6.47. The van der Waals surface area contributed by atoms with Crippen LogP contribution in [0.5, 0.6) is 0 Å². The first-order valence-electron chi connectivity index (χ1n) is 5.68. The fraction of sp³-hybridized carbons (Fsp3) is 0.364. The molecular weight excluding hydrogens is 296 g/mol. The van der Waals surface area contributed by atoms with Crippen LogP contribution in [-0.2, 0) is 0 Å². The molecule has 6 nitrogen and oxygen atoms in total. The van der Waals surface area contributed by atoms with E-state index < -0.39 is 0 Å². The molecule has 7 heteroatoms. The highest BCUT2D eigenvalue weighted by molar-refractivity contribution is 9.10. The van der Waals surface area contributed by atoms with Crippen molar-refractivity contribution in [2.24, 2.45) is 0 Å². The van der Waals surface area contributed by atoms with Gasteiger partial charge in [0.05, 0.1) is 0 Å². The van der Waals surface area contributed by atoms with Crippen molar-refractivity contribution >= 4 is 38.7 Å². The molecule has 0 spiro atoms. The van der Waals surface area contributed by atoms with Crippen LogP contribution >= 0.6 is 15.9 Å². The largest absolute Gasteiger partial charge is 0.381 e. The van der Waals surface area contributed by atoms with Crippen LogP contribution in [0.3, 0.4) is 0 Å². The van der Waals surface area contributed by atoms with Crippen LogP contribution in [0.4, 0.5) is 11.6 Å². The first kappa shape index (κ1) is 11.6. The van der Waals surface area contributed by atoms with Crippen molar-refractivity contribution in [3.05, 3.63) is 16.7 Å². The number of nitrogens with two attached hydrogens (primary N) is 1. The minimum absolute atomic E-state index is 0.456. The monoisotopic (exact) mass is 308 g/mol. The zero-order valence-corrected chi connectivity index (χ0v) is 11.5. The van der Waals surface area contributed by atoms with Crippen LogP contribution in [0.15, 0.2) is 16.7 Å². The smallest absolute Gasteiger partial charge is 0.180 e. The summed E-state index contributed by atoms with van der Waals surface area (Å²) in [5, 5.41) is 3.21. The number of rotatable bonds is 2. The maximum Gasteiger partial charge on any atom is 0.180 e. The van der Waals surface area contributed by atoms with Crippen molar-refractivity contribution in [3.63, 3.8) is 0 Å². The Hall–Kier alpha value is -1.47. The van der Waals surface area contributed by atoms with Crippen molar-refractivity contribution in [1.29, 1.82) is 0 Å². The molecule has 0 bridgehead atoms. The Kier molecular flexibility index (Phi) is 2.79. The minimum Gasteiger partial charge on any atom is -0.381 e. The van der Waals surface area contributed by atoms with Gasteiger partial charge in [0, 0.05) is 29.8 Å². The molecule has 18 heavy (non-hydrogen) atoms. The standard InChI is InChI=1S/C11H13BrN6/c1-14-7-4-18(5-7)11-9(13)16-8-2-6(12)3-15-10(8)17-11/h2-3,7,14H,4-5H2,1H3,(H2,13,16). The van der Waals surface area contributed by atoms with Crippen LogP contribution < -0.4 is 16.0 Å². The Bertz CT molecular complexity index is 595. The molecule has 1 aliphatic rings. The molecule has 3 N–H and O–H groups in total. The number of hydrogen-bond donors (Lipinski definition) is 2. The molecule has 2 aromatic heterocycles. The van der Waals surface area contributed by atoms with Gasteiger partial charge in [-0.3, -0.25) is 0 Å². The predicted molar refractivity (Wildman–Crippen MR) is 74.5 cm³/mol. The summed E-state index contributed by atoms with van der Waals surface area (Å²) in [5.41, 5.74) is 7.28. The first-order chi connectivity index (χ1) is 8.67. The molecule has 1 aliphatic heterocycles. The lowest BCUT2D eigenvalue weighted by molar-refractivity contribution is 0.447. The third-order valence-electron chi connectivity index (χ3n) is 3.09. The fourth-order valence-corrected chi connectivity index (χ4v) is 2.31. The highest BCUT2D eigenvalue weighted by atomic mass is 79.9. The van der Waals surface area contributed by atoms with E-state index >= 15 is 0 Å². The number of nitrogen functional groups attached to an aromatic ring is 1. The third kappa shape index (κ3) is 1.89. The average Bonchev–Trinajstić information content (AvgIpc) is 2.28. The van der Waals surface area contributed by atoms with E-state index in [1.165, 1.54) is 0 Å². The molecule has 94 valence electrons. The van der Waals surface area contributed by atoms with E-state index in [-0.39, 0.29) is 0 Å². The zero-order chi connectivity index (χ0) is 12.7. The summed E-state index contributed by atoms with van der Waals surface area (Å²) < 4.78 is 0.871. The lowest BCUT2D eigenvalue weighted by Crippen LogP contribution is -2.57. The Balaban J connectivity index is 1.98. The van der Waals surface area contributed by atoms with E-state index in [0.717, 1.165) is 23.4 Å². The van der Waals surface area contributed by atoms with E-state index in [2.05, 4.69) is 41.1 Å². The second kappa shape index (κ2) is 4.33. The van der Waals surface area contributed by atoms with Gasteiger partial charge in [-0.15, -0.1) is 0 Å². The van der Waals surface area contributed by atoms with Crippen LogP contribution in [0.2, 0.25) is 0 Å². The van der Waals surface area contributed by atoms with Gasteiger partial charge in [-0.2, -0.15) is 0 Å². The number of fused-ring (bicyclic) bond motifs is 1. The number of halogens is 1. The van der Waals surface area contributed by atoms with Gasteiger partial charge >= 0.3 is 0 Å². The van der Waals surface area contributed by atoms with E-state index in [9.17, 15) is 0 Å². The van der Waals surface area contributed by atoms with Crippen LogP contribution in [0.1, 0.15) is 0 Å². The van der Waals surface area contributed by atoms with Crippen molar-refractivity contribution < 1.29 is 0 Å². The minimum atomic E-state index is 0.456. The van der Waals surface area contributed by atoms with Crippen LogP contribution in [-0.4, -0.2) is 41.1 Å². The van der Waals surface area contributed by atoms with Gasteiger partial charge in [0.25, 0.3) is 0 Å². The van der Waals surface area contributed by atoms with Crippen molar-refractivity contribution in [1.82, 2.24) is 20.3 Å². The number of aromatic nitrogens is 3. The topological polar surface area (TPSA) is 80.0 Å². The molecule has 0 atom stereocenters. The van der Waals surface area contributed by atoms with Gasteiger partial charge < -0.3 is 16.0 Å². The van der Waals surface area contributed by atoms with Crippen LogP contribution in [0, 0.1) is 0 Å². The summed E-state index contributed by atoms with van der Waals surface area (Å²) in [6.45, 7) is 1.80. The number of nitrogens with one attached hydrogen (secondary N) is 1. The highest BCUT2D eigenvalue weighted by Gasteiger charge is 2.28. The molecule has 0 aromatic carbocycles. The quantitative estimate of drug-likeness (QED) is 0.853. The molecule has 1 fully saturated rings. The summed E-state index contributed by atoms with van der Waals surface area (Å²) >= 11 is 3.36. The summed E-state index contributed by atoms with van der Waals surface area (Å²) in [5.74, 6) is 1.18. The molecule has 3 rings (SSSR count). The summed E-state index contributed by atoms with van der Waals surface area (Å²) in [4.78, 5) is 15.2. The normalized spacial score (nSPS) is 16.0. The number of anilines is 2. The van der Waals surface area contributed by atoms with E-state index in [1.807, 2.05) is 13.1 Å². The van der Waals surface area contributed by atoms with Crippen LogP contribution in [0.25, 0.3) is 11.2 Å². The highest BCUT2D eigenvalue weighted by Crippen LogP contribution is 2.26. The molecule has 0 radical (unpaired) electrons. The molecular formula is C11H13BrN6. The Morgan fingerprint density at radius 2 is 2.22 bits per heavy atom. The molecule has 3 heterocycles. The van der Waals surface area contributed by atoms with Crippen molar-refractivity contribution in [2.75, 3.05) is 30.8 Å². The Morgan fingerprint density at radius 3 is 2.94 bits per heavy atom. The lowest BCUT2D eigenvalue weighted by atomic mass is 10.1. The van der Waals surface area contributed by atoms with Gasteiger partial charge in [-0.1, -0.05) is 0 Å². The second-order valence-corrected chi connectivity index (χ2v) is 5.23. The maximum atomic E-state index is 5.96. The second-order valence-electron chi connectivity index (χ2n) is 4.32. The van der Waals surface area contributed by atoms with Crippen molar-refractivity contribution in [3.8, 4) is 0 Å². The van der Waals surface area contributed by atoms with Gasteiger partial charge in [0.2, 0.25) is 0 Å². The summed E-state index contributed by atoms with van der Waals surface area (Å²) in [6, 6.07) is 2.36. The summed E-state index contributed by atoms with van der Waals surface area (Å²) in [6.07, 6.45) is 1.71. The SMILES string of the molecule is CNC1CN(c2nc3ncc(Br)cc3nc2N)C1. The molecule has 1 saturated heterocycles. The van der Waals surface area contributed by atoms with Gasteiger partial charge in [-0.25, -0.2) is 15.0 Å². The van der Waals surface area contributed by atoms with E-state index in [0.29, 0.717) is 23.0 Å². The number of pyridine rings is 1. The third-order valence-corrected chi connectivity index (χ3v) is 3.52. The van der Waals surface area contributed by atoms with E-state index in [1.54, 1.807) is 6.20 Å². The average molecular weight is 309 g/mol. The fourth-order valence-electron chi connectivity index (χ4n) is 1.99. The lowest BCUT2D eigenvalue weighted by Gasteiger charge is -2.40. The van der Waals surface area contributed by atoms with Crippen molar-refractivity contribution in [2.45, 2.75) is 6.04 Å². The number of nitrogens with zero attached hydrogens (tertiary/aromatic N) is 4. The maximum absolute atomic E-state index is 5.96. The van der Waals surface area contributed by atoms with Gasteiger partial charge in [0.15, 0.2) is 17.3 Å². The number of hydrogen-bond acceptors (Lipinski definition) is 6. The number of likely N-dealkylation sites (N-methyl/N-ethyl adjacent to an activating group) is 1. The van der Waals surface area contributed by atoms with Gasteiger partial charge in [0.1, 0.15) is 5.52 Å². The van der Waals surface area contributed by atoms with Gasteiger partial charge in [-0.05, 0) is 29.0 Å². The molecule has 0 unspecified atom stereocenters. The Labute approximate surface area is 113 Å².